The molecule has 2 N–H and O–H groups in total. The molecule has 0 aliphatic carbocycles. The predicted molar refractivity (Wildman–Crippen MR) is 56.7 cm³/mol. The second kappa shape index (κ2) is 11.0. The lowest BCUT2D eigenvalue weighted by molar-refractivity contribution is 0.284. The summed E-state index contributed by atoms with van der Waals surface area (Å²) in [5, 5.41) is 11.8. The molecule has 0 aromatic carbocycles. The molecule has 72 valence electrons. The van der Waals surface area contributed by atoms with Gasteiger partial charge in [-0.05, 0) is 19.4 Å². The Balaban J connectivity index is 2.77. The molecule has 2 nitrogen and oxygen atoms in total. The fourth-order valence-corrected chi connectivity index (χ4v) is 1.42. The Morgan fingerprint density at radius 2 is 2.17 bits per heavy atom. The van der Waals surface area contributed by atoms with Gasteiger partial charge in [0.05, 0.1) is 0 Å². The first-order valence-corrected chi connectivity index (χ1v) is 5.57. The minimum Gasteiger partial charge on any atom is -0.396 e. The van der Waals surface area contributed by atoms with Crippen molar-refractivity contribution in [1.82, 2.24) is 5.32 Å². The van der Waals surface area contributed by atoms with E-state index in [2.05, 4.69) is 11.9 Å². The van der Waals surface area contributed by atoms with E-state index in [1.807, 2.05) is 17.8 Å². The van der Waals surface area contributed by atoms with Crippen LogP contribution in [0.1, 0.15) is 12.8 Å². The zero-order valence-electron chi connectivity index (χ0n) is 7.59. The Morgan fingerprint density at radius 3 is 2.83 bits per heavy atom. The van der Waals surface area contributed by atoms with Crippen molar-refractivity contribution < 1.29 is 5.11 Å². The molecule has 0 aromatic heterocycles. The van der Waals surface area contributed by atoms with E-state index in [9.17, 15) is 0 Å². The van der Waals surface area contributed by atoms with Gasteiger partial charge in [0, 0.05) is 24.7 Å². The van der Waals surface area contributed by atoms with Crippen molar-refractivity contribution in [3.05, 3.63) is 12.7 Å². The van der Waals surface area contributed by atoms with Gasteiger partial charge >= 0.3 is 0 Å². The Labute approximate surface area is 79.4 Å². The number of unbranched alkanes of at least 4 members (excludes halogenated alkanes) is 1. The summed E-state index contributed by atoms with van der Waals surface area (Å²) in [6.45, 7) is 6.04. The molecule has 0 amide bonds. The molecule has 0 atom stereocenters. The minimum absolute atomic E-state index is 0.312. The normalized spacial score (nSPS) is 10.1. The van der Waals surface area contributed by atoms with E-state index >= 15 is 0 Å². The van der Waals surface area contributed by atoms with Crippen molar-refractivity contribution >= 4 is 11.8 Å². The van der Waals surface area contributed by atoms with Gasteiger partial charge in [0.1, 0.15) is 0 Å². The highest BCUT2D eigenvalue weighted by Gasteiger charge is 1.87. The third-order valence-electron chi connectivity index (χ3n) is 1.42. The lowest BCUT2D eigenvalue weighted by atomic mass is 10.3. The quantitative estimate of drug-likeness (QED) is 0.423. The summed E-state index contributed by atoms with van der Waals surface area (Å²) in [4.78, 5) is 0. The Kier molecular flexibility index (Phi) is 11.0. The van der Waals surface area contributed by atoms with E-state index < -0.39 is 0 Å². The maximum absolute atomic E-state index is 8.50. The first kappa shape index (κ1) is 12.0. The largest absolute Gasteiger partial charge is 0.396 e. The SMILES string of the molecule is C=CCSCCNCCCCO. The molecule has 0 aliphatic rings. The lowest BCUT2D eigenvalue weighted by Crippen LogP contribution is -2.18. The highest BCUT2D eigenvalue weighted by Crippen LogP contribution is 1.96. The van der Waals surface area contributed by atoms with Crippen LogP contribution in [0.3, 0.4) is 0 Å². The lowest BCUT2D eigenvalue weighted by Gasteiger charge is -2.02. The first-order chi connectivity index (χ1) is 5.91. The van der Waals surface area contributed by atoms with E-state index in [1.54, 1.807) is 0 Å². The van der Waals surface area contributed by atoms with Crippen LogP contribution in [0.4, 0.5) is 0 Å². The number of rotatable bonds is 9. The second-order valence-electron chi connectivity index (χ2n) is 2.54. The molecule has 0 fully saturated rings. The molecule has 0 unspecified atom stereocenters. The topological polar surface area (TPSA) is 32.3 Å². The summed E-state index contributed by atoms with van der Waals surface area (Å²) < 4.78 is 0. The van der Waals surface area contributed by atoms with Crippen molar-refractivity contribution in [2.45, 2.75) is 12.8 Å². The molecule has 0 bridgehead atoms. The van der Waals surface area contributed by atoms with Crippen molar-refractivity contribution in [2.75, 3.05) is 31.2 Å². The summed E-state index contributed by atoms with van der Waals surface area (Å²) in [6, 6.07) is 0. The summed E-state index contributed by atoms with van der Waals surface area (Å²) in [5.41, 5.74) is 0. The second-order valence-corrected chi connectivity index (χ2v) is 3.69. The van der Waals surface area contributed by atoms with Crippen molar-refractivity contribution in [2.24, 2.45) is 0 Å². The van der Waals surface area contributed by atoms with Gasteiger partial charge in [0.25, 0.3) is 0 Å². The van der Waals surface area contributed by atoms with Crippen molar-refractivity contribution in [3.63, 3.8) is 0 Å². The molecule has 0 radical (unpaired) electrons. The average Bonchev–Trinajstić information content (AvgIpc) is 2.10. The Hall–Kier alpha value is 0.01000. The van der Waals surface area contributed by atoms with E-state index in [1.165, 1.54) is 0 Å². The van der Waals surface area contributed by atoms with E-state index in [-0.39, 0.29) is 0 Å². The van der Waals surface area contributed by atoms with Crippen LogP contribution in [-0.2, 0) is 0 Å². The van der Waals surface area contributed by atoms with Crippen molar-refractivity contribution in [1.29, 1.82) is 0 Å². The van der Waals surface area contributed by atoms with Crippen LogP contribution in [0.5, 0.6) is 0 Å². The van der Waals surface area contributed by atoms with Gasteiger partial charge < -0.3 is 10.4 Å². The zero-order chi connectivity index (χ0) is 9.07. The van der Waals surface area contributed by atoms with Gasteiger partial charge in [-0.1, -0.05) is 6.08 Å². The van der Waals surface area contributed by atoms with Gasteiger partial charge in [-0.3, -0.25) is 0 Å². The molecule has 0 saturated heterocycles. The molecule has 0 saturated carbocycles. The van der Waals surface area contributed by atoms with E-state index in [0.717, 1.165) is 37.4 Å². The number of hydrogen-bond donors (Lipinski definition) is 2. The maximum Gasteiger partial charge on any atom is 0.0431 e. The third kappa shape index (κ3) is 10.0. The third-order valence-corrected chi connectivity index (χ3v) is 2.38. The smallest absolute Gasteiger partial charge is 0.0431 e. The van der Waals surface area contributed by atoms with E-state index in [4.69, 9.17) is 5.11 Å². The molecule has 0 aliphatic heterocycles. The maximum atomic E-state index is 8.50. The van der Waals surface area contributed by atoms with Gasteiger partial charge in [0.2, 0.25) is 0 Å². The molecule has 0 aromatic rings. The number of aliphatic hydroxyl groups excluding tert-OH is 1. The molecule has 3 heteroatoms. The molecular formula is C9H19NOS. The summed E-state index contributed by atoms with van der Waals surface area (Å²) in [5.74, 6) is 2.18. The van der Waals surface area contributed by atoms with Crippen LogP contribution >= 0.6 is 11.8 Å². The number of nitrogens with one attached hydrogen (secondary N) is 1. The summed E-state index contributed by atoms with van der Waals surface area (Å²) >= 11 is 1.89. The number of hydrogen-bond acceptors (Lipinski definition) is 3. The summed E-state index contributed by atoms with van der Waals surface area (Å²) in [7, 11) is 0. The first-order valence-electron chi connectivity index (χ1n) is 4.42. The van der Waals surface area contributed by atoms with Gasteiger partial charge in [-0.25, -0.2) is 0 Å². The Morgan fingerprint density at radius 1 is 1.33 bits per heavy atom. The fourth-order valence-electron chi connectivity index (χ4n) is 0.798. The standard InChI is InChI=1S/C9H19NOS/c1-2-8-12-9-6-10-5-3-4-7-11/h2,10-11H,1,3-9H2. The molecule has 0 heterocycles. The zero-order valence-corrected chi connectivity index (χ0v) is 8.41. The van der Waals surface area contributed by atoms with Crippen LogP contribution < -0.4 is 5.32 Å². The minimum atomic E-state index is 0.312. The van der Waals surface area contributed by atoms with Crippen molar-refractivity contribution in [3.8, 4) is 0 Å². The van der Waals surface area contributed by atoms with Crippen LogP contribution in [0.15, 0.2) is 12.7 Å². The average molecular weight is 189 g/mol. The monoisotopic (exact) mass is 189 g/mol. The molecule has 0 rings (SSSR count). The van der Waals surface area contributed by atoms with Crippen LogP contribution in [0.2, 0.25) is 0 Å². The molecule has 12 heavy (non-hydrogen) atoms. The molecular weight excluding hydrogens is 170 g/mol. The van der Waals surface area contributed by atoms with Gasteiger partial charge in [0.15, 0.2) is 0 Å². The van der Waals surface area contributed by atoms with E-state index in [0.29, 0.717) is 6.61 Å². The molecule has 0 spiro atoms. The van der Waals surface area contributed by atoms with Crippen LogP contribution in [-0.4, -0.2) is 36.3 Å². The van der Waals surface area contributed by atoms with Gasteiger partial charge in [-0.2, -0.15) is 11.8 Å². The predicted octanol–water partition coefficient (Wildman–Crippen LogP) is 1.27. The number of aliphatic hydroxyl groups is 1. The van der Waals surface area contributed by atoms with Crippen LogP contribution in [0, 0.1) is 0 Å². The highest BCUT2D eigenvalue weighted by atomic mass is 32.2. The fraction of sp³-hybridized carbons (Fsp3) is 0.778. The Bertz CT molecular complexity index is 98.5. The van der Waals surface area contributed by atoms with Crippen LogP contribution in [0.25, 0.3) is 0 Å². The summed E-state index contributed by atoms with van der Waals surface area (Å²) in [6.07, 6.45) is 3.91. The van der Waals surface area contributed by atoms with Gasteiger partial charge in [-0.15, -0.1) is 6.58 Å². The highest BCUT2D eigenvalue weighted by molar-refractivity contribution is 7.99. The number of thioether (sulfide) groups is 1.